The van der Waals surface area contributed by atoms with Gasteiger partial charge in [0.05, 0.1) is 0 Å². The quantitative estimate of drug-likeness (QED) is 0.362. The molecule has 1 aliphatic heterocycles. The van der Waals surface area contributed by atoms with Gasteiger partial charge in [-0.3, -0.25) is 0 Å². The van der Waals surface area contributed by atoms with Gasteiger partial charge in [-0.1, -0.05) is 0 Å². The molecular formula is C8H15INO-. The number of hydrogen-bond acceptors (Lipinski definition) is 2. The van der Waals surface area contributed by atoms with E-state index < -0.39 is 0 Å². The molecule has 1 unspecified atom stereocenters. The first kappa shape index (κ1) is 8.26. The second-order valence-corrected chi connectivity index (χ2v) is 5.49. The summed E-state index contributed by atoms with van der Waals surface area (Å²) in [6.07, 6.45) is 5.27. The van der Waals surface area contributed by atoms with Gasteiger partial charge in [-0.25, -0.2) is 0 Å². The minimum atomic E-state index is 0.0194. The molecule has 2 nitrogen and oxygen atoms in total. The van der Waals surface area contributed by atoms with E-state index in [4.69, 9.17) is 8.68 Å². The van der Waals surface area contributed by atoms with Crippen molar-refractivity contribution in [2.24, 2.45) is 9.86 Å². The van der Waals surface area contributed by atoms with Crippen LogP contribution in [0.25, 0.3) is 0 Å². The summed E-state index contributed by atoms with van der Waals surface area (Å²) in [5.41, 5.74) is 0.374. The monoisotopic (exact) mass is 268 g/mol. The van der Waals surface area contributed by atoms with Crippen molar-refractivity contribution in [2.45, 2.75) is 31.3 Å². The topological polar surface area (TPSA) is 35.2 Å². The summed E-state index contributed by atoms with van der Waals surface area (Å²) in [6.45, 7) is 1.01. The predicted octanol–water partition coefficient (Wildman–Crippen LogP) is -2.09. The van der Waals surface area contributed by atoms with Crippen molar-refractivity contribution >= 4 is 0 Å². The molecule has 1 spiro atoms. The van der Waals surface area contributed by atoms with E-state index in [1.165, 1.54) is 30.1 Å². The van der Waals surface area contributed by atoms with E-state index in [9.17, 15) is 0 Å². The van der Waals surface area contributed by atoms with Crippen molar-refractivity contribution in [2.75, 3.05) is 11.0 Å². The van der Waals surface area contributed by atoms with Crippen molar-refractivity contribution in [3.63, 3.8) is 0 Å². The molecule has 2 fully saturated rings. The molecule has 0 amide bonds. The van der Waals surface area contributed by atoms with Crippen LogP contribution in [-0.4, -0.2) is 16.6 Å². The fraction of sp³-hybridized carbons (Fsp3) is 1.00. The minimum absolute atomic E-state index is 0.0194. The number of rotatable bonds is 3. The summed E-state index contributed by atoms with van der Waals surface area (Å²) in [6, 6.07) is 0. The molecule has 0 aromatic carbocycles. The molecule has 2 aliphatic rings. The van der Waals surface area contributed by atoms with E-state index in [1.54, 1.807) is 0 Å². The van der Waals surface area contributed by atoms with Gasteiger partial charge in [-0.15, -0.1) is 0 Å². The number of alkyl halides is 1. The fourth-order valence-electron chi connectivity index (χ4n) is 2.06. The Labute approximate surface area is 78.5 Å². The molecule has 1 heterocycles. The summed E-state index contributed by atoms with van der Waals surface area (Å²) in [7, 11) is 0. The zero-order chi connectivity index (χ0) is 7.73. The fourth-order valence-corrected chi connectivity index (χ4v) is 3.17. The predicted molar refractivity (Wildman–Crippen MR) is 39.7 cm³/mol. The van der Waals surface area contributed by atoms with Crippen molar-refractivity contribution in [1.29, 1.82) is 0 Å². The maximum atomic E-state index is 5.73. The van der Waals surface area contributed by atoms with Crippen molar-refractivity contribution < 1.29 is 26.2 Å². The molecular weight excluding hydrogens is 253 g/mol. The van der Waals surface area contributed by atoms with Gasteiger partial charge in [0, 0.05) is 0 Å². The van der Waals surface area contributed by atoms with Crippen LogP contribution in [0.1, 0.15) is 25.7 Å². The Balaban J connectivity index is 1.83. The van der Waals surface area contributed by atoms with Crippen LogP contribution >= 0.6 is 0 Å². The van der Waals surface area contributed by atoms with E-state index >= 15 is 0 Å². The van der Waals surface area contributed by atoms with Crippen LogP contribution in [0.2, 0.25) is 0 Å². The molecule has 0 bridgehead atoms. The molecule has 1 atom stereocenters. The summed E-state index contributed by atoms with van der Waals surface area (Å²) in [5.74, 6) is 0.866. The molecule has 3 heteroatoms. The number of nitrogens with two attached hydrogens (primary N) is 1. The standard InChI is InChI=1S/C8H15INO/c10-9-5-1-7-2-6-11-8(7)3-4-8/h7H,1-6,10H2/q-1. The van der Waals surface area contributed by atoms with E-state index in [0.29, 0.717) is 5.60 Å². The SMILES string of the molecule is N[I-]CCC1CCOC12CC2. The van der Waals surface area contributed by atoms with Gasteiger partial charge in [0.1, 0.15) is 0 Å². The second-order valence-electron chi connectivity index (χ2n) is 3.53. The van der Waals surface area contributed by atoms with Crippen LogP contribution < -0.4 is 25.4 Å². The van der Waals surface area contributed by atoms with Crippen LogP contribution in [0.3, 0.4) is 0 Å². The van der Waals surface area contributed by atoms with E-state index in [1.807, 2.05) is 0 Å². The average molecular weight is 268 g/mol. The normalized spacial score (nSPS) is 33.4. The van der Waals surface area contributed by atoms with Crippen LogP contribution in [0, 0.1) is 5.92 Å². The Morgan fingerprint density at radius 3 is 3.00 bits per heavy atom. The molecule has 1 saturated carbocycles. The third-order valence-corrected chi connectivity index (χ3v) is 4.15. The molecule has 0 aromatic rings. The average Bonchev–Trinajstić information content (AvgIpc) is 2.64. The first-order valence-electron chi connectivity index (χ1n) is 4.29. The van der Waals surface area contributed by atoms with Gasteiger partial charge in [-0.2, -0.15) is 0 Å². The maximum absolute atomic E-state index is 5.73. The zero-order valence-electron chi connectivity index (χ0n) is 6.68. The Morgan fingerprint density at radius 1 is 1.55 bits per heavy atom. The van der Waals surface area contributed by atoms with E-state index in [0.717, 1.165) is 12.5 Å². The third-order valence-electron chi connectivity index (χ3n) is 2.91. The van der Waals surface area contributed by atoms with Crippen molar-refractivity contribution in [1.82, 2.24) is 0 Å². The van der Waals surface area contributed by atoms with Gasteiger partial charge in [0.25, 0.3) is 0 Å². The van der Waals surface area contributed by atoms with E-state index in [-0.39, 0.29) is 21.5 Å². The van der Waals surface area contributed by atoms with Crippen LogP contribution in [0.15, 0.2) is 0 Å². The molecule has 2 N–H and O–H groups in total. The Morgan fingerprint density at radius 2 is 2.36 bits per heavy atom. The molecule has 1 saturated heterocycles. The Hall–Kier alpha value is 0.650. The summed E-state index contributed by atoms with van der Waals surface area (Å²) < 4.78 is 12.6. The number of halogens is 1. The summed E-state index contributed by atoms with van der Waals surface area (Å²) >= 11 is 0.0194. The molecule has 1 aliphatic carbocycles. The van der Waals surface area contributed by atoms with Crippen LogP contribution in [-0.2, 0) is 4.74 Å². The molecule has 66 valence electrons. The first-order chi connectivity index (χ1) is 5.37. The number of hydrogen-bond donors (Lipinski definition) is 1. The van der Waals surface area contributed by atoms with Crippen LogP contribution in [0.4, 0.5) is 0 Å². The summed E-state index contributed by atoms with van der Waals surface area (Å²) in [5, 5.41) is 0. The second kappa shape index (κ2) is 3.18. The summed E-state index contributed by atoms with van der Waals surface area (Å²) in [4.78, 5) is 0. The molecule has 0 radical (unpaired) electrons. The van der Waals surface area contributed by atoms with Gasteiger partial charge in [0.2, 0.25) is 0 Å². The van der Waals surface area contributed by atoms with Crippen molar-refractivity contribution in [3.05, 3.63) is 0 Å². The van der Waals surface area contributed by atoms with Gasteiger partial charge >= 0.3 is 78.4 Å². The molecule has 2 rings (SSSR count). The molecule has 0 aromatic heterocycles. The van der Waals surface area contributed by atoms with Crippen molar-refractivity contribution in [3.8, 4) is 0 Å². The molecule has 11 heavy (non-hydrogen) atoms. The Bertz CT molecular complexity index is 147. The van der Waals surface area contributed by atoms with Gasteiger partial charge in [-0.05, 0) is 0 Å². The number of ether oxygens (including phenoxy) is 1. The van der Waals surface area contributed by atoms with Gasteiger partial charge < -0.3 is 0 Å². The first-order valence-corrected chi connectivity index (χ1v) is 7.06. The van der Waals surface area contributed by atoms with Crippen LogP contribution in [0.5, 0.6) is 0 Å². The van der Waals surface area contributed by atoms with E-state index in [2.05, 4.69) is 0 Å². The third kappa shape index (κ3) is 1.55. The van der Waals surface area contributed by atoms with Gasteiger partial charge in [0.15, 0.2) is 0 Å². The Kier molecular flexibility index (Phi) is 2.39. The zero-order valence-corrected chi connectivity index (χ0v) is 8.84.